The summed E-state index contributed by atoms with van der Waals surface area (Å²) >= 11 is 0. The lowest BCUT2D eigenvalue weighted by Gasteiger charge is -2.40. The number of carbonyl (C=O) groups is 1. The van der Waals surface area contributed by atoms with Crippen LogP contribution in [0.2, 0.25) is 0 Å². The van der Waals surface area contributed by atoms with E-state index >= 15 is 0 Å². The molecule has 1 saturated heterocycles. The molecule has 1 atom stereocenters. The molecule has 2 rings (SSSR count). The number of piperazine rings is 1. The first-order valence-corrected chi connectivity index (χ1v) is 7.75. The summed E-state index contributed by atoms with van der Waals surface area (Å²) in [4.78, 5) is 24.2. The first-order chi connectivity index (χ1) is 10.5. The van der Waals surface area contributed by atoms with Crippen LogP contribution in [0.5, 0.6) is 0 Å². The van der Waals surface area contributed by atoms with Crippen molar-refractivity contribution in [3.8, 4) is 0 Å². The largest absolute Gasteiger partial charge is 0.367 e. The van der Waals surface area contributed by atoms with Crippen molar-refractivity contribution in [2.75, 3.05) is 45.1 Å². The summed E-state index contributed by atoms with van der Waals surface area (Å²) in [5, 5.41) is 3.29. The number of likely N-dealkylation sites (N-methyl/N-ethyl adjacent to an activating group) is 1. The quantitative estimate of drug-likeness (QED) is 0.784. The van der Waals surface area contributed by atoms with Crippen LogP contribution in [0, 0.1) is 5.92 Å². The number of hydrogen-bond acceptors (Lipinski definition) is 6. The summed E-state index contributed by atoms with van der Waals surface area (Å²) in [7, 11) is 2.16. The number of anilines is 1. The minimum atomic E-state index is -0.560. The third kappa shape index (κ3) is 4.38. The van der Waals surface area contributed by atoms with Gasteiger partial charge in [0.1, 0.15) is 11.5 Å². The Morgan fingerprint density at radius 2 is 2.00 bits per heavy atom. The Bertz CT molecular complexity index is 499. The molecule has 2 heterocycles. The maximum absolute atomic E-state index is 11.2. The number of amides is 1. The average molecular weight is 306 g/mol. The highest BCUT2D eigenvalue weighted by molar-refractivity contribution is 5.90. The molecule has 0 aromatic carbocycles. The Balaban J connectivity index is 1.97. The lowest BCUT2D eigenvalue weighted by Crippen LogP contribution is -2.52. The zero-order valence-electron chi connectivity index (χ0n) is 13.6. The Labute approximate surface area is 131 Å². The molecule has 7 nitrogen and oxygen atoms in total. The van der Waals surface area contributed by atoms with E-state index in [4.69, 9.17) is 5.73 Å². The number of nitrogens with two attached hydrogens (primary N) is 1. The molecule has 1 fully saturated rings. The second-order valence-corrected chi connectivity index (χ2v) is 6.19. The number of primary amides is 1. The average Bonchev–Trinajstić information content (AvgIpc) is 2.49. The maximum atomic E-state index is 11.2. The van der Waals surface area contributed by atoms with Crippen LogP contribution in [0.4, 0.5) is 5.82 Å². The summed E-state index contributed by atoms with van der Waals surface area (Å²) in [6.07, 6.45) is 3.00. The number of carbonyl (C=O) groups excluding carboxylic acids is 1. The molecule has 1 unspecified atom stereocenters. The van der Waals surface area contributed by atoms with Crippen molar-refractivity contribution in [1.29, 1.82) is 0 Å². The third-order valence-corrected chi connectivity index (χ3v) is 4.16. The zero-order valence-corrected chi connectivity index (χ0v) is 13.6. The predicted octanol–water partition coefficient (Wildman–Crippen LogP) is 0.259. The maximum Gasteiger partial charge on any atom is 0.268 e. The monoisotopic (exact) mass is 306 g/mol. The van der Waals surface area contributed by atoms with Gasteiger partial charge in [0.15, 0.2) is 0 Å². The molecule has 7 heteroatoms. The van der Waals surface area contributed by atoms with Crippen molar-refractivity contribution in [2.24, 2.45) is 11.7 Å². The van der Waals surface area contributed by atoms with Crippen LogP contribution >= 0.6 is 0 Å². The first-order valence-electron chi connectivity index (χ1n) is 7.75. The van der Waals surface area contributed by atoms with Gasteiger partial charge >= 0.3 is 0 Å². The molecule has 0 radical (unpaired) electrons. The van der Waals surface area contributed by atoms with E-state index < -0.39 is 5.91 Å². The highest BCUT2D eigenvalue weighted by atomic mass is 16.1. The molecule has 1 amide bonds. The van der Waals surface area contributed by atoms with Crippen molar-refractivity contribution in [3.63, 3.8) is 0 Å². The number of nitrogens with zero attached hydrogens (tertiary/aromatic N) is 4. The molecule has 3 N–H and O–H groups in total. The van der Waals surface area contributed by atoms with Crippen LogP contribution in [0.25, 0.3) is 0 Å². The standard InChI is InChI=1S/C15H26N6O/c1-11(2)13(21-6-4-20(3)5-7-21)9-18-14-10-17-8-12(19-14)15(16)22/h8,10-11,13H,4-7,9H2,1-3H3,(H2,16,22)(H,18,19). The normalized spacial score (nSPS) is 18.4. The number of aromatic nitrogens is 2. The van der Waals surface area contributed by atoms with Gasteiger partial charge in [0, 0.05) is 38.8 Å². The smallest absolute Gasteiger partial charge is 0.268 e. The fourth-order valence-corrected chi connectivity index (χ4v) is 2.72. The van der Waals surface area contributed by atoms with Gasteiger partial charge in [-0.2, -0.15) is 0 Å². The fraction of sp³-hybridized carbons (Fsp3) is 0.667. The molecule has 1 aromatic heterocycles. The summed E-state index contributed by atoms with van der Waals surface area (Å²) < 4.78 is 0. The van der Waals surface area contributed by atoms with Gasteiger partial charge in [0.05, 0.1) is 12.4 Å². The Morgan fingerprint density at radius 1 is 1.32 bits per heavy atom. The molecule has 0 spiro atoms. The van der Waals surface area contributed by atoms with Crippen LogP contribution in [-0.4, -0.2) is 71.5 Å². The summed E-state index contributed by atoms with van der Waals surface area (Å²) in [6.45, 7) is 9.59. The van der Waals surface area contributed by atoms with Gasteiger partial charge in [-0.05, 0) is 13.0 Å². The van der Waals surface area contributed by atoms with E-state index in [0.29, 0.717) is 17.8 Å². The predicted molar refractivity (Wildman–Crippen MR) is 86.7 cm³/mol. The van der Waals surface area contributed by atoms with Crippen molar-refractivity contribution in [3.05, 3.63) is 18.1 Å². The molecule has 1 aromatic rings. The van der Waals surface area contributed by atoms with Gasteiger partial charge in [-0.25, -0.2) is 4.98 Å². The topological polar surface area (TPSA) is 87.4 Å². The number of nitrogens with one attached hydrogen (secondary N) is 1. The van der Waals surface area contributed by atoms with E-state index in [-0.39, 0.29) is 5.69 Å². The van der Waals surface area contributed by atoms with Crippen LogP contribution in [0.1, 0.15) is 24.3 Å². The SMILES string of the molecule is CC(C)C(CNc1cncc(C(N)=O)n1)N1CCN(C)CC1. The van der Waals surface area contributed by atoms with Crippen molar-refractivity contribution < 1.29 is 4.79 Å². The van der Waals surface area contributed by atoms with E-state index in [1.165, 1.54) is 6.20 Å². The Hall–Kier alpha value is -1.73. The number of rotatable bonds is 6. The molecule has 1 aliphatic rings. The molecule has 0 bridgehead atoms. The highest BCUT2D eigenvalue weighted by Gasteiger charge is 2.24. The second kappa shape index (κ2) is 7.51. The third-order valence-electron chi connectivity index (χ3n) is 4.16. The van der Waals surface area contributed by atoms with E-state index in [0.717, 1.165) is 32.7 Å². The van der Waals surface area contributed by atoms with Crippen LogP contribution in [-0.2, 0) is 0 Å². The van der Waals surface area contributed by atoms with Gasteiger partial charge in [-0.15, -0.1) is 0 Å². The lowest BCUT2D eigenvalue weighted by molar-refractivity contribution is 0.0943. The van der Waals surface area contributed by atoms with Crippen molar-refractivity contribution >= 4 is 11.7 Å². The lowest BCUT2D eigenvalue weighted by atomic mass is 10.0. The van der Waals surface area contributed by atoms with Crippen LogP contribution in [0.15, 0.2) is 12.4 Å². The van der Waals surface area contributed by atoms with Crippen LogP contribution in [0.3, 0.4) is 0 Å². The van der Waals surface area contributed by atoms with Crippen molar-refractivity contribution in [2.45, 2.75) is 19.9 Å². The molecular weight excluding hydrogens is 280 g/mol. The summed E-state index contributed by atoms with van der Waals surface area (Å²) in [5.74, 6) is 0.565. The van der Waals surface area contributed by atoms with Crippen molar-refractivity contribution in [1.82, 2.24) is 19.8 Å². The van der Waals surface area contributed by atoms with E-state index in [1.54, 1.807) is 6.20 Å². The van der Waals surface area contributed by atoms with Gasteiger partial charge < -0.3 is 16.0 Å². The molecule has 122 valence electrons. The molecule has 22 heavy (non-hydrogen) atoms. The first kappa shape index (κ1) is 16.6. The summed E-state index contributed by atoms with van der Waals surface area (Å²) in [5.41, 5.74) is 5.42. The van der Waals surface area contributed by atoms with Gasteiger partial charge in [0.2, 0.25) is 0 Å². The fourth-order valence-electron chi connectivity index (χ4n) is 2.72. The minimum absolute atomic E-state index is 0.186. The second-order valence-electron chi connectivity index (χ2n) is 6.19. The van der Waals surface area contributed by atoms with E-state index in [2.05, 4.69) is 46.0 Å². The molecule has 1 aliphatic heterocycles. The number of hydrogen-bond donors (Lipinski definition) is 2. The molecule has 0 saturated carbocycles. The highest BCUT2D eigenvalue weighted by Crippen LogP contribution is 2.14. The molecule has 0 aliphatic carbocycles. The Morgan fingerprint density at radius 3 is 2.59 bits per heavy atom. The van der Waals surface area contributed by atoms with Gasteiger partial charge in [0.25, 0.3) is 5.91 Å². The molecular formula is C15H26N6O. The van der Waals surface area contributed by atoms with E-state index in [9.17, 15) is 4.79 Å². The van der Waals surface area contributed by atoms with Gasteiger partial charge in [-0.1, -0.05) is 13.8 Å². The Kier molecular flexibility index (Phi) is 5.68. The van der Waals surface area contributed by atoms with Crippen LogP contribution < -0.4 is 11.1 Å². The van der Waals surface area contributed by atoms with Gasteiger partial charge in [-0.3, -0.25) is 14.7 Å². The summed E-state index contributed by atoms with van der Waals surface area (Å²) in [6, 6.07) is 0.424. The minimum Gasteiger partial charge on any atom is -0.367 e. The zero-order chi connectivity index (χ0) is 16.1. The van der Waals surface area contributed by atoms with E-state index in [1.807, 2.05) is 0 Å².